The molecule has 2 aromatic rings. The highest BCUT2D eigenvalue weighted by atomic mass is 16.3. The third-order valence-electron chi connectivity index (χ3n) is 4.24. The lowest BCUT2D eigenvalue weighted by Gasteiger charge is -2.17. The van der Waals surface area contributed by atoms with Gasteiger partial charge in [0.15, 0.2) is 0 Å². The van der Waals surface area contributed by atoms with Crippen LogP contribution in [-0.2, 0) is 19.3 Å². The number of hydrogen-bond acceptors (Lipinski definition) is 2. The summed E-state index contributed by atoms with van der Waals surface area (Å²) in [4.78, 5) is 0. The summed E-state index contributed by atoms with van der Waals surface area (Å²) in [5.74, 6) is 0.395. The second-order valence-electron chi connectivity index (χ2n) is 6.04. The number of aromatic hydroxyl groups is 2. The summed E-state index contributed by atoms with van der Waals surface area (Å²) in [6.45, 7) is 9.76. The van der Waals surface area contributed by atoms with Gasteiger partial charge >= 0.3 is 0 Å². The zero-order chi connectivity index (χ0) is 17.5. The Morgan fingerprint density at radius 3 is 2.33 bits per heavy atom. The molecular formula is C22H26O2. The van der Waals surface area contributed by atoms with Crippen molar-refractivity contribution in [3.63, 3.8) is 0 Å². The third kappa shape index (κ3) is 3.88. The normalized spacial score (nSPS) is 10.5. The summed E-state index contributed by atoms with van der Waals surface area (Å²) in [6.07, 6.45) is 8.17. The highest BCUT2D eigenvalue weighted by Crippen LogP contribution is 2.40. The van der Waals surface area contributed by atoms with E-state index in [9.17, 15) is 10.2 Å². The standard InChI is InChI=1S/C22H26O2/c1-4-7-10-18-17(9-6-3)12-14-21(24)22(18)19-15-16(8-5-2)11-13-20(19)23/h5-6,11-15,23-24H,2-4,7-10H2,1H3. The first kappa shape index (κ1) is 17.9. The van der Waals surface area contributed by atoms with E-state index in [4.69, 9.17) is 0 Å². The molecule has 0 spiro atoms. The van der Waals surface area contributed by atoms with Crippen LogP contribution in [0.25, 0.3) is 11.1 Å². The monoisotopic (exact) mass is 322 g/mol. The van der Waals surface area contributed by atoms with Crippen molar-refractivity contribution in [3.05, 3.63) is 72.3 Å². The molecule has 2 N–H and O–H groups in total. The topological polar surface area (TPSA) is 40.5 Å². The van der Waals surface area contributed by atoms with Gasteiger partial charge in [-0.3, -0.25) is 0 Å². The van der Waals surface area contributed by atoms with E-state index in [0.29, 0.717) is 5.56 Å². The van der Waals surface area contributed by atoms with E-state index < -0.39 is 0 Å². The van der Waals surface area contributed by atoms with Crippen LogP contribution in [0.1, 0.15) is 36.5 Å². The molecule has 126 valence electrons. The molecule has 0 fully saturated rings. The fourth-order valence-electron chi connectivity index (χ4n) is 3.04. The molecule has 0 saturated heterocycles. The van der Waals surface area contributed by atoms with Crippen LogP contribution < -0.4 is 0 Å². The largest absolute Gasteiger partial charge is 0.507 e. The Balaban J connectivity index is 2.67. The summed E-state index contributed by atoms with van der Waals surface area (Å²) in [5.41, 5.74) is 4.74. The molecule has 2 heteroatoms. The van der Waals surface area contributed by atoms with Gasteiger partial charge in [-0.05, 0) is 60.6 Å². The number of phenols is 2. The molecule has 0 aliphatic carbocycles. The van der Waals surface area contributed by atoms with Crippen LogP contribution in [0.3, 0.4) is 0 Å². The molecule has 0 aliphatic heterocycles. The molecule has 24 heavy (non-hydrogen) atoms. The van der Waals surface area contributed by atoms with Gasteiger partial charge in [-0.15, -0.1) is 13.2 Å². The molecule has 0 bridgehead atoms. The van der Waals surface area contributed by atoms with Gasteiger partial charge in [0.2, 0.25) is 0 Å². The van der Waals surface area contributed by atoms with Crippen LogP contribution in [0.4, 0.5) is 0 Å². The van der Waals surface area contributed by atoms with Crippen molar-refractivity contribution in [2.75, 3.05) is 0 Å². The van der Waals surface area contributed by atoms with Crippen LogP contribution in [0.15, 0.2) is 55.6 Å². The SMILES string of the molecule is C=CCc1ccc(O)c(-c2c(O)ccc(CC=C)c2CCCC)c1. The summed E-state index contributed by atoms with van der Waals surface area (Å²) in [5, 5.41) is 20.9. The Kier molecular flexibility index (Phi) is 6.25. The lowest BCUT2D eigenvalue weighted by atomic mass is 9.88. The molecule has 0 radical (unpaired) electrons. The molecular weight excluding hydrogens is 296 g/mol. The summed E-state index contributed by atoms with van der Waals surface area (Å²) >= 11 is 0. The summed E-state index contributed by atoms with van der Waals surface area (Å²) in [7, 11) is 0. The predicted molar refractivity (Wildman–Crippen MR) is 102 cm³/mol. The number of hydrogen-bond donors (Lipinski definition) is 2. The quantitative estimate of drug-likeness (QED) is 0.624. The smallest absolute Gasteiger partial charge is 0.123 e. The van der Waals surface area contributed by atoms with Crippen molar-refractivity contribution in [1.29, 1.82) is 0 Å². The Labute approximate surface area is 144 Å². The lowest BCUT2D eigenvalue weighted by Crippen LogP contribution is -1.99. The van der Waals surface area contributed by atoms with Crippen molar-refractivity contribution in [3.8, 4) is 22.6 Å². The van der Waals surface area contributed by atoms with Crippen molar-refractivity contribution < 1.29 is 10.2 Å². The average Bonchev–Trinajstić information content (AvgIpc) is 2.57. The van der Waals surface area contributed by atoms with Crippen molar-refractivity contribution in [2.45, 2.75) is 39.0 Å². The molecule has 2 nitrogen and oxygen atoms in total. The van der Waals surface area contributed by atoms with Crippen molar-refractivity contribution >= 4 is 0 Å². The van der Waals surface area contributed by atoms with E-state index in [1.165, 1.54) is 0 Å². The van der Waals surface area contributed by atoms with Crippen LogP contribution in [0.2, 0.25) is 0 Å². The molecule has 0 atom stereocenters. The van der Waals surface area contributed by atoms with Crippen LogP contribution in [0.5, 0.6) is 11.5 Å². The van der Waals surface area contributed by atoms with E-state index >= 15 is 0 Å². The fourth-order valence-corrected chi connectivity index (χ4v) is 3.04. The molecule has 0 amide bonds. The van der Waals surface area contributed by atoms with E-state index in [0.717, 1.165) is 54.4 Å². The first-order valence-electron chi connectivity index (χ1n) is 8.50. The second kappa shape index (κ2) is 8.39. The fraction of sp³-hybridized carbons (Fsp3) is 0.273. The number of unbranched alkanes of at least 4 members (excludes halogenated alkanes) is 1. The third-order valence-corrected chi connectivity index (χ3v) is 4.24. The van der Waals surface area contributed by atoms with Crippen LogP contribution in [0, 0.1) is 0 Å². The molecule has 0 saturated carbocycles. The Morgan fingerprint density at radius 1 is 0.958 bits per heavy atom. The van der Waals surface area contributed by atoms with Gasteiger partial charge in [0, 0.05) is 11.1 Å². The number of benzene rings is 2. The van der Waals surface area contributed by atoms with E-state index in [1.54, 1.807) is 12.1 Å². The number of allylic oxidation sites excluding steroid dienone is 2. The minimum Gasteiger partial charge on any atom is -0.507 e. The van der Waals surface area contributed by atoms with Gasteiger partial charge in [-0.1, -0.05) is 37.6 Å². The maximum Gasteiger partial charge on any atom is 0.123 e. The zero-order valence-corrected chi connectivity index (χ0v) is 14.4. The van der Waals surface area contributed by atoms with Gasteiger partial charge < -0.3 is 10.2 Å². The first-order valence-corrected chi connectivity index (χ1v) is 8.50. The Hall–Kier alpha value is -2.48. The molecule has 0 heterocycles. The predicted octanol–water partition coefficient (Wildman–Crippen LogP) is 5.56. The number of rotatable bonds is 8. The van der Waals surface area contributed by atoms with E-state index in [2.05, 4.69) is 20.1 Å². The molecule has 2 aromatic carbocycles. The molecule has 2 rings (SSSR count). The maximum atomic E-state index is 10.5. The minimum absolute atomic E-state index is 0.187. The van der Waals surface area contributed by atoms with Gasteiger partial charge in [0.25, 0.3) is 0 Å². The van der Waals surface area contributed by atoms with E-state index in [1.807, 2.05) is 30.4 Å². The summed E-state index contributed by atoms with van der Waals surface area (Å²) in [6, 6.07) is 9.19. The first-order chi connectivity index (χ1) is 11.6. The average molecular weight is 322 g/mol. The zero-order valence-electron chi connectivity index (χ0n) is 14.4. The van der Waals surface area contributed by atoms with Gasteiger partial charge in [0.05, 0.1) is 0 Å². The minimum atomic E-state index is 0.187. The second-order valence-corrected chi connectivity index (χ2v) is 6.04. The van der Waals surface area contributed by atoms with Crippen molar-refractivity contribution in [2.24, 2.45) is 0 Å². The highest BCUT2D eigenvalue weighted by molar-refractivity contribution is 5.80. The molecule has 0 unspecified atom stereocenters. The summed E-state index contributed by atoms with van der Waals surface area (Å²) < 4.78 is 0. The van der Waals surface area contributed by atoms with Crippen LogP contribution >= 0.6 is 0 Å². The maximum absolute atomic E-state index is 10.5. The van der Waals surface area contributed by atoms with E-state index in [-0.39, 0.29) is 11.5 Å². The lowest BCUT2D eigenvalue weighted by molar-refractivity contribution is 0.468. The van der Waals surface area contributed by atoms with Gasteiger partial charge in [-0.2, -0.15) is 0 Å². The van der Waals surface area contributed by atoms with Crippen molar-refractivity contribution in [1.82, 2.24) is 0 Å². The Bertz CT molecular complexity index is 729. The van der Waals surface area contributed by atoms with Crippen LogP contribution in [-0.4, -0.2) is 10.2 Å². The molecule has 0 aromatic heterocycles. The number of phenolic OH excluding ortho intramolecular Hbond substituents is 2. The molecule has 0 aliphatic rings. The van der Waals surface area contributed by atoms with Gasteiger partial charge in [-0.25, -0.2) is 0 Å². The Morgan fingerprint density at radius 2 is 1.67 bits per heavy atom. The highest BCUT2D eigenvalue weighted by Gasteiger charge is 2.17. The van der Waals surface area contributed by atoms with Gasteiger partial charge in [0.1, 0.15) is 11.5 Å².